The van der Waals surface area contributed by atoms with Crippen LogP contribution >= 0.6 is 0 Å². The van der Waals surface area contributed by atoms with E-state index in [1.165, 1.54) is 0 Å². The number of hydrogen-bond donors (Lipinski definition) is 4. The molecule has 4 N–H and O–H groups in total. The molecular formula is C15H20O8. The maximum atomic E-state index is 11.1. The summed E-state index contributed by atoms with van der Waals surface area (Å²) in [4.78, 5) is 11.1. The summed E-state index contributed by atoms with van der Waals surface area (Å²) in [6, 6.07) is 6.62. The second-order valence-electron chi connectivity index (χ2n) is 5.15. The Morgan fingerprint density at radius 1 is 1.13 bits per heavy atom. The number of ether oxygens (including phenoxy) is 3. The number of benzene rings is 1. The van der Waals surface area contributed by atoms with Crippen molar-refractivity contribution in [3.63, 3.8) is 0 Å². The number of carbonyl (C=O) groups is 1. The molecule has 1 fully saturated rings. The van der Waals surface area contributed by atoms with E-state index in [1.54, 1.807) is 24.3 Å². The highest BCUT2D eigenvalue weighted by Crippen LogP contribution is 2.31. The van der Waals surface area contributed by atoms with E-state index in [0.717, 1.165) is 6.42 Å². The number of hydrogen-bond acceptors (Lipinski definition) is 7. The van der Waals surface area contributed by atoms with E-state index in [9.17, 15) is 20.1 Å². The molecule has 0 aliphatic carbocycles. The van der Waals surface area contributed by atoms with E-state index in [-0.39, 0.29) is 5.75 Å². The Kier molecular flexibility index (Phi) is 5.78. The molecule has 0 spiro atoms. The summed E-state index contributed by atoms with van der Waals surface area (Å²) >= 11 is 0. The van der Waals surface area contributed by atoms with Crippen molar-refractivity contribution in [3.05, 3.63) is 24.3 Å². The summed E-state index contributed by atoms with van der Waals surface area (Å²) in [5.41, 5.74) is 0. The number of rotatable bonds is 6. The van der Waals surface area contributed by atoms with Gasteiger partial charge in [0.05, 0.1) is 6.61 Å². The van der Waals surface area contributed by atoms with Crippen molar-refractivity contribution in [2.45, 2.75) is 44.1 Å². The quantitative estimate of drug-likeness (QED) is 0.563. The predicted octanol–water partition coefficient (Wildman–Crippen LogP) is -0.254. The fourth-order valence-corrected chi connectivity index (χ4v) is 2.15. The summed E-state index contributed by atoms with van der Waals surface area (Å²) < 4.78 is 16.0. The number of para-hydroxylation sites is 2. The van der Waals surface area contributed by atoms with Crippen LogP contribution in [0.1, 0.15) is 13.3 Å². The van der Waals surface area contributed by atoms with Crippen molar-refractivity contribution < 1.29 is 39.4 Å². The van der Waals surface area contributed by atoms with Crippen LogP contribution in [0.2, 0.25) is 0 Å². The average Bonchev–Trinajstić information content (AvgIpc) is 2.54. The Hall–Kier alpha value is -1.87. The molecule has 8 nitrogen and oxygen atoms in total. The third kappa shape index (κ3) is 3.91. The second-order valence-corrected chi connectivity index (χ2v) is 5.15. The summed E-state index contributed by atoms with van der Waals surface area (Å²) in [6.45, 7) is 2.39. The topological polar surface area (TPSA) is 126 Å². The normalized spacial score (nSPS) is 30.7. The Morgan fingerprint density at radius 2 is 1.78 bits per heavy atom. The highest BCUT2D eigenvalue weighted by molar-refractivity contribution is 5.73. The van der Waals surface area contributed by atoms with E-state index in [2.05, 4.69) is 0 Å². The lowest BCUT2D eigenvalue weighted by Crippen LogP contribution is -2.61. The standard InChI is InChI=1S/C15H20O8/c1-2-7-21-8-5-3-4-6-9(8)22-15-12(18)10(16)11(17)13(23-15)14(19)20/h3-6,10-13,15-18H,2,7H2,1H3,(H,19,20)/t10-,11-,12+,13-,15?/m0/s1. The Bertz CT molecular complexity index is 534. The monoisotopic (exact) mass is 328 g/mol. The van der Waals surface area contributed by atoms with E-state index >= 15 is 0 Å². The van der Waals surface area contributed by atoms with Gasteiger partial charge in [0.1, 0.15) is 18.3 Å². The molecule has 1 saturated heterocycles. The molecule has 0 amide bonds. The largest absolute Gasteiger partial charge is 0.490 e. The average molecular weight is 328 g/mol. The fraction of sp³-hybridized carbons (Fsp3) is 0.533. The van der Waals surface area contributed by atoms with Gasteiger partial charge in [0.15, 0.2) is 17.6 Å². The van der Waals surface area contributed by atoms with Crippen molar-refractivity contribution in [1.82, 2.24) is 0 Å². The highest BCUT2D eigenvalue weighted by atomic mass is 16.7. The second kappa shape index (κ2) is 7.60. The van der Waals surface area contributed by atoms with Gasteiger partial charge in [-0.25, -0.2) is 4.79 Å². The van der Waals surface area contributed by atoms with Gasteiger partial charge in [-0.3, -0.25) is 0 Å². The summed E-state index contributed by atoms with van der Waals surface area (Å²) in [6.07, 6.45) is -7.46. The molecule has 128 valence electrons. The first kappa shape index (κ1) is 17.5. The maximum absolute atomic E-state index is 11.1. The summed E-state index contributed by atoms with van der Waals surface area (Å²) in [7, 11) is 0. The number of carboxylic acids is 1. The van der Waals surface area contributed by atoms with Crippen molar-refractivity contribution in [1.29, 1.82) is 0 Å². The maximum Gasteiger partial charge on any atom is 0.335 e. The number of aliphatic hydroxyl groups is 3. The predicted molar refractivity (Wildman–Crippen MR) is 77.2 cm³/mol. The van der Waals surface area contributed by atoms with Gasteiger partial charge < -0.3 is 34.6 Å². The van der Waals surface area contributed by atoms with E-state index in [4.69, 9.17) is 19.3 Å². The first-order chi connectivity index (χ1) is 11.0. The lowest BCUT2D eigenvalue weighted by Gasteiger charge is -2.38. The molecule has 0 radical (unpaired) electrons. The van der Waals surface area contributed by atoms with Crippen LogP contribution in [0.15, 0.2) is 24.3 Å². The zero-order valence-electron chi connectivity index (χ0n) is 12.5. The first-order valence-corrected chi connectivity index (χ1v) is 7.26. The molecule has 1 heterocycles. The minimum atomic E-state index is -1.76. The van der Waals surface area contributed by atoms with Gasteiger partial charge >= 0.3 is 5.97 Å². The van der Waals surface area contributed by atoms with Crippen molar-refractivity contribution in [2.75, 3.05) is 6.61 Å². The van der Waals surface area contributed by atoms with Gasteiger partial charge in [0.2, 0.25) is 6.29 Å². The van der Waals surface area contributed by atoms with Gasteiger partial charge in [-0.05, 0) is 18.6 Å². The van der Waals surface area contributed by atoms with E-state index in [1.807, 2.05) is 6.92 Å². The van der Waals surface area contributed by atoms with Crippen LogP contribution in [0.25, 0.3) is 0 Å². The Balaban J connectivity index is 2.16. The van der Waals surface area contributed by atoms with Crippen LogP contribution in [-0.2, 0) is 9.53 Å². The van der Waals surface area contributed by atoms with Crippen molar-refractivity contribution in [3.8, 4) is 11.5 Å². The van der Waals surface area contributed by atoms with Crippen molar-refractivity contribution in [2.24, 2.45) is 0 Å². The molecule has 0 saturated carbocycles. The zero-order valence-corrected chi connectivity index (χ0v) is 12.5. The number of aliphatic carboxylic acids is 1. The van der Waals surface area contributed by atoms with Crippen molar-refractivity contribution >= 4 is 5.97 Å². The molecule has 0 aromatic heterocycles. The molecule has 2 rings (SSSR count). The van der Waals surface area contributed by atoms with Gasteiger partial charge in [0.25, 0.3) is 0 Å². The Labute approximate surface area is 132 Å². The molecule has 1 aliphatic rings. The lowest BCUT2D eigenvalue weighted by molar-refractivity contribution is -0.271. The van der Waals surface area contributed by atoms with Crippen LogP contribution in [0.4, 0.5) is 0 Å². The SMILES string of the molecule is CCCOc1ccccc1OC1O[C@H](C(=O)O)[C@@H](O)[C@H](O)[C@H]1O. The molecule has 1 unspecified atom stereocenters. The van der Waals surface area contributed by atoms with E-state index in [0.29, 0.717) is 12.4 Å². The van der Waals surface area contributed by atoms with Crippen LogP contribution in [-0.4, -0.2) is 63.7 Å². The third-order valence-electron chi connectivity index (χ3n) is 3.37. The molecule has 1 aromatic carbocycles. The van der Waals surface area contributed by atoms with Crippen LogP contribution in [0.3, 0.4) is 0 Å². The van der Waals surface area contributed by atoms with Crippen LogP contribution in [0.5, 0.6) is 11.5 Å². The van der Waals surface area contributed by atoms with Gasteiger partial charge in [-0.2, -0.15) is 0 Å². The molecule has 1 aromatic rings. The fourth-order valence-electron chi connectivity index (χ4n) is 2.15. The minimum absolute atomic E-state index is 0.234. The van der Waals surface area contributed by atoms with E-state index < -0.39 is 36.7 Å². The first-order valence-electron chi connectivity index (χ1n) is 7.26. The lowest BCUT2D eigenvalue weighted by atomic mass is 9.99. The molecular weight excluding hydrogens is 308 g/mol. The molecule has 23 heavy (non-hydrogen) atoms. The van der Waals surface area contributed by atoms with Gasteiger partial charge in [-0.1, -0.05) is 19.1 Å². The molecule has 8 heteroatoms. The Morgan fingerprint density at radius 3 is 2.39 bits per heavy atom. The van der Waals surface area contributed by atoms with Crippen LogP contribution < -0.4 is 9.47 Å². The highest BCUT2D eigenvalue weighted by Gasteiger charge is 2.48. The number of aliphatic hydroxyl groups excluding tert-OH is 3. The summed E-state index contributed by atoms with van der Waals surface area (Å²) in [5, 5.41) is 38.4. The minimum Gasteiger partial charge on any atom is -0.490 e. The zero-order chi connectivity index (χ0) is 17.0. The van der Waals surface area contributed by atoms with Gasteiger partial charge in [0, 0.05) is 0 Å². The smallest absolute Gasteiger partial charge is 0.335 e. The number of carboxylic acid groups (broad SMARTS) is 1. The molecule has 0 bridgehead atoms. The molecule has 5 atom stereocenters. The third-order valence-corrected chi connectivity index (χ3v) is 3.37. The van der Waals surface area contributed by atoms with Gasteiger partial charge in [-0.15, -0.1) is 0 Å². The summed E-state index contributed by atoms with van der Waals surface area (Å²) in [5.74, 6) is -0.831. The molecule has 1 aliphatic heterocycles. The van der Waals surface area contributed by atoms with Crippen LogP contribution in [0, 0.1) is 0 Å².